The summed E-state index contributed by atoms with van der Waals surface area (Å²) in [4.78, 5) is 12.2. The second-order valence-corrected chi connectivity index (χ2v) is 5.88. The van der Waals surface area contributed by atoms with E-state index in [1.165, 1.54) is 18.6 Å². The smallest absolute Gasteiger partial charge is 0.387 e. The molecule has 0 aliphatic heterocycles. The fourth-order valence-corrected chi connectivity index (χ4v) is 2.90. The van der Waals surface area contributed by atoms with Crippen LogP contribution < -0.4 is 10.1 Å². The van der Waals surface area contributed by atoms with Gasteiger partial charge in [0.1, 0.15) is 11.4 Å². The molecule has 128 valence electrons. The summed E-state index contributed by atoms with van der Waals surface area (Å²) in [5.41, 5.74) is 1.68. The van der Waals surface area contributed by atoms with Gasteiger partial charge >= 0.3 is 6.61 Å². The molecule has 24 heavy (non-hydrogen) atoms. The summed E-state index contributed by atoms with van der Waals surface area (Å²) in [6.07, 6.45) is 5.54. The summed E-state index contributed by atoms with van der Waals surface area (Å²) in [5.74, 6) is -0.0853. The highest BCUT2D eigenvalue weighted by Crippen LogP contribution is 2.23. The van der Waals surface area contributed by atoms with Crippen molar-refractivity contribution in [3.63, 3.8) is 0 Å². The van der Waals surface area contributed by atoms with Gasteiger partial charge in [-0.1, -0.05) is 19.3 Å². The normalized spacial score (nSPS) is 15.5. The van der Waals surface area contributed by atoms with Crippen molar-refractivity contribution in [3.05, 3.63) is 36.0 Å². The first-order valence-corrected chi connectivity index (χ1v) is 8.03. The molecule has 1 aliphatic carbocycles. The summed E-state index contributed by atoms with van der Waals surface area (Å²) in [5, 5.41) is 9.86. The summed E-state index contributed by atoms with van der Waals surface area (Å²) in [6, 6.07) is 8.01. The van der Waals surface area contributed by atoms with Gasteiger partial charge in [-0.3, -0.25) is 9.89 Å². The summed E-state index contributed by atoms with van der Waals surface area (Å²) in [7, 11) is 0. The molecule has 0 atom stereocenters. The number of nitrogens with one attached hydrogen (secondary N) is 2. The van der Waals surface area contributed by atoms with Crippen LogP contribution in [-0.2, 0) is 0 Å². The average Bonchev–Trinajstić information content (AvgIpc) is 3.06. The van der Waals surface area contributed by atoms with E-state index in [0.29, 0.717) is 17.0 Å². The minimum Gasteiger partial charge on any atom is -0.435 e. The van der Waals surface area contributed by atoms with E-state index in [1.54, 1.807) is 18.2 Å². The van der Waals surface area contributed by atoms with Gasteiger partial charge in [-0.25, -0.2) is 0 Å². The molecule has 1 amide bonds. The van der Waals surface area contributed by atoms with Crippen LogP contribution in [0.5, 0.6) is 5.75 Å². The molecule has 1 fully saturated rings. The monoisotopic (exact) mass is 335 g/mol. The second kappa shape index (κ2) is 7.42. The number of carbonyl (C=O) groups is 1. The third-order valence-corrected chi connectivity index (χ3v) is 4.14. The number of aromatic nitrogens is 2. The molecular weight excluding hydrogens is 316 g/mol. The molecular formula is C17H19F2N3O2. The van der Waals surface area contributed by atoms with Crippen LogP contribution in [0.15, 0.2) is 30.3 Å². The first-order chi connectivity index (χ1) is 11.6. The van der Waals surface area contributed by atoms with Crippen molar-refractivity contribution in [3.8, 4) is 17.0 Å². The van der Waals surface area contributed by atoms with Gasteiger partial charge in [0.2, 0.25) is 0 Å². The van der Waals surface area contributed by atoms with Crippen molar-refractivity contribution < 1.29 is 18.3 Å². The van der Waals surface area contributed by atoms with Gasteiger partial charge < -0.3 is 10.1 Å². The van der Waals surface area contributed by atoms with Gasteiger partial charge in [0.25, 0.3) is 5.91 Å². The lowest BCUT2D eigenvalue weighted by Gasteiger charge is -2.22. The minimum absolute atomic E-state index is 0.0829. The minimum atomic E-state index is -2.85. The Labute approximate surface area is 138 Å². The molecule has 7 heteroatoms. The number of alkyl halides is 2. The number of amides is 1. The molecule has 1 saturated carbocycles. The highest BCUT2D eigenvalue weighted by Gasteiger charge is 2.18. The van der Waals surface area contributed by atoms with Crippen LogP contribution in [0, 0.1) is 0 Å². The maximum Gasteiger partial charge on any atom is 0.387 e. The molecule has 3 rings (SSSR count). The fourth-order valence-electron chi connectivity index (χ4n) is 2.90. The molecule has 0 spiro atoms. The number of hydrogen-bond donors (Lipinski definition) is 2. The molecule has 5 nitrogen and oxygen atoms in total. The predicted molar refractivity (Wildman–Crippen MR) is 85.0 cm³/mol. The zero-order valence-electron chi connectivity index (χ0n) is 13.1. The van der Waals surface area contributed by atoms with E-state index in [0.717, 1.165) is 25.7 Å². The quantitative estimate of drug-likeness (QED) is 0.875. The van der Waals surface area contributed by atoms with Crippen molar-refractivity contribution in [2.24, 2.45) is 0 Å². The van der Waals surface area contributed by atoms with E-state index in [1.807, 2.05) is 0 Å². The average molecular weight is 335 g/mol. The number of aromatic amines is 1. The van der Waals surface area contributed by atoms with Gasteiger partial charge in [0.15, 0.2) is 0 Å². The SMILES string of the molecule is O=C(NC1CCCCC1)c1cc(-c2ccc(OC(F)F)cc2)n[nH]1. The van der Waals surface area contributed by atoms with Crippen molar-refractivity contribution in [1.82, 2.24) is 15.5 Å². The van der Waals surface area contributed by atoms with Gasteiger partial charge in [-0.2, -0.15) is 13.9 Å². The van der Waals surface area contributed by atoms with Crippen LogP contribution in [0.3, 0.4) is 0 Å². The number of ether oxygens (including phenoxy) is 1. The van der Waals surface area contributed by atoms with Crippen molar-refractivity contribution in [2.45, 2.75) is 44.8 Å². The summed E-state index contributed by atoms with van der Waals surface area (Å²) in [6.45, 7) is -2.85. The molecule has 0 saturated heterocycles. The van der Waals surface area contributed by atoms with Gasteiger partial charge in [-0.15, -0.1) is 0 Å². The Morgan fingerprint density at radius 1 is 1.21 bits per heavy atom. The Hall–Kier alpha value is -2.44. The van der Waals surface area contributed by atoms with Gasteiger partial charge in [-0.05, 0) is 43.2 Å². The lowest BCUT2D eigenvalue weighted by molar-refractivity contribution is -0.0498. The number of hydrogen-bond acceptors (Lipinski definition) is 3. The topological polar surface area (TPSA) is 67.0 Å². The number of carbonyl (C=O) groups excluding carboxylic acids is 1. The molecule has 0 radical (unpaired) electrons. The maximum absolute atomic E-state index is 12.2. The van der Waals surface area contributed by atoms with Crippen LogP contribution >= 0.6 is 0 Å². The third-order valence-electron chi connectivity index (χ3n) is 4.14. The maximum atomic E-state index is 12.2. The number of rotatable bonds is 5. The fraction of sp³-hybridized carbons (Fsp3) is 0.412. The Bertz CT molecular complexity index is 679. The first kappa shape index (κ1) is 16.4. The lowest BCUT2D eigenvalue weighted by atomic mass is 9.95. The highest BCUT2D eigenvalue weighted by molar-refractivity contribution is 5.93. The van der Waals surface area contributed by atoms with E-state index in [-0.39, 0.29) is 17.7 Å². The number of benzene rings is 1. The molecule has 0 bridgehead atoms. The zero-order chi connectivity index (χ0) is 16.9. The van der Waals surface area contributed by atoms with Crippen LogP contribution in [0.2, 0.25) is 0 Å². The summed E-state index contributed by atoms with van der Waals surface area (Å²) < 4.78 is 28.6. The Morgan fingerprint density at radius 2 is 1.92 bits per heavy atom. The van der Waals surface area contributed by atoms with Crippen LogP contribution in [0.4, 0.5) is 8.78 Å². The van der Waals surface area contributed by atoms with Crippen molar-refractivity contribution in [2.75, 3.05) is 0 Å². The Morgan fingerprint density at radius 3 is 2.58 bits per heavy atom. The summed E-state index contributed by atoms with van der Waals surface area (Å²) >= 11 is 0. The molecule has 1 aliphatic rings. The van der Waals surface area contributed by atoms with Gasteiger partial charge in [0.05, 0.1) is 5.69 Å². The third kappa shape index (κ3) is 4.10. The Balaban J connectivity index is 1.65. The van der Waals surface area contributed by atoms with Crippen molar-refractivity contribution in [1.29, 1.82) is 0 Å². The van der Waals surface area contributed by atoms with E-state index in [2.05, 4.69) is 20.3 Å². The molecule has 2 aromatic rings. The number of H-pyrrole nitrogens is 1. The molecule has 1 aromatic carbocycles. The van der Waals surface area contributed by atoms with Crippen molar-refractivity contribution >= 4 is 5.91 Å². The van der Waals surface area contributed by atoms with E-state index < -0.39 is 6.61 Å². The highest BCUT2D eigenvalue weighted by atomic mass is 19.3. The molecule has 1 heterocycles. The molecule has 1 aromatic heterocycles. The van der Waals surface area contributed by atoms with E-state index >= 15 is 0 Å². The van der Waals surface area contributed by atoms with Crippen LogP contribution in [0.1, 0.15) is 42.6 Å². The van der Waals surface area contributed by atoms with E-state index in [4.69, 9.17) is 0 Å². The first-order valence-electron chi connectivity index (χ1n) is 8.03. The standard InChI is InChI=1S/C17H19F2N3O2/c18-17(19)24-13-8-6-11(7-9-13)14-10-15(22-21-14)16(23)20-12-4-2-1-3-5-12/h6-10,12,17H,1-5H2,(H,20,23)(H,21,22). The number of halogens is 2. The largest absolute Gasteiger partial charge is 0.435 e. The molecule has 0 unspecified atom stereocenters. The van der Waals surface area contributed by atoms with Gasteiger partial charge in [0, 0.05) is 11.6 Å². The predicted octanol–water partition coefficient (Wildman–Crippen LogP) is 3.74. The Kier molecular flexibility index (Phi) is 5.08. The zero-order valence-corrected chi connectivity index (χ0v) is 13.1. The number of nitrogens with zero attached hydrogens (tertiary/aromatic N) is 1. The lowest BCUT2D eigenvalue weighted by Crippen LogP contribution is -2.36. The van der Waals surface area contributed by atoms with Crippen LogP contribution in [-0.4, -0.2) is 28.8 Å². The van der Waals surface area contributed by atoms with Crippen LogP contribution in [0.25, 0.3) is 11.3 Å². The van der Waals surface area contributed by atoms with E-state index in [9.17, 15) is 13.6 Å². The molecule has 2 N–H and O–H groups in total. The second-order valence-electron chi connectivity index (χ2n) is 5.88.